The van der Waals surface area contributed by atoms with Crippen molar-refractivity contribution in [2.75, 3.05) is 33.8 Å². The van der Waals surface area contributed by atoms with Gasteiger partial charge in [-0.1, -0.05) is 44.2 Å². The van der Waals surface area contributed by atoms with Gasteiger partial charge in [0.25, 0.3) is 0 Å². The van der Waals surface area contributed by atoms with Crippen LogP contribution in [0.4, 0.5) is 0 Å². The van der Waals surface area contributed by atoms with Gasteiger partial charge in [0.1, 0.15) is 18.6 Å². The molecule has 0 radical (unpaired) electrons. The summed E-state index contributed by atoms with van der Waals surface area (Å²) in [5, 5.41) is 22.6. The lowest BCUT2D eigenvalue weighted by Gasteiger charge is -2.24. The zero-order chi connectivity index (χ0) is 32.6. The Morgan fingerprint density at radius 2 is 1.57 bits per heavy atom. The molecule has 2 aromatic carbocycles. The third kappa shape index (κ3) is 12.0. The summed E-state index contributed by atoms with van der Waals surface area (Å²) in [7, 11) is 3.01. The normalized spacial score (nSPS) is 12.1. The Hall–Kier alpha value is -4.49. The number of amides is 4. The lowest BCUT2D eigenvalue weighted by Crippen LogP contribution is -2.56. The summed E-state index contributed by atoms with van der Waals surface area (Å²) in [5.41, 5.74) is 1.97. The molecule has 0 spiro atoms. The van der Waals surface area contributed by atoms with Crippen molar-refractivity contribution in [1.82, 2.24) is 26.6 Å². The second-order valence-corrected chi connectivity index (χ2v) is 10.6. The SMILES string of the molecule is CNCC(=O)NC(Cc1ccccc1)C(=O)NC(CC(C)C)C(=O)NCC(=O)NCC(=O)Oc1c(CO)cc(C)cc1OC. The summed E-state index contributed by atoms with van der Waals surface area (Å²) in [4.78, 5) is 63.4. The summed E-state index contributed by atoms with van der Waals surface area (Å²) in [6.07, 6.45) is 0.491. The number of hydrogen-bond donors (Lipinski definition) is 6. The van der Waals surface area contributed by atoms with E-state index < -0.39 is 48.9 Å². The number of rotatable bonds is 17. The number of likely N-dealkylation sites (N-methyl/N-ethyl adjacent to an activating group) is 1. The van der Waals surface area contributed by atoms with Crippen LogP contribution in [0.5, 0.6) is 11.5 Å². The smallest absolute Gasteiger partial charge is 0.330 e. The summed E-state index contributed by atoms with van der Waals surface area (Å²) in [6, 6.07) is 10.5. The summed E-state index contributed by atoms with van der Waals surface area (Å²) < 4.78 is 10.6. The van der Waals surface area contributed by atoms with E-state index in [0.29, 0.717) is 5.56 Å². The van der Waals surface area contributed by atoms with Crippen molar-refractivity contribution < 1.29 is 38.6 Å². The molecule has 0 bridgehead atoms. The van der Waals surface area contributed by atoms with Crippen molar-refractivity contribution in [3.63, 3.8) is 0 Å². The van der Waals surface area contributed by atoms with Gasteiger partial charge < -0.3 is 41.2 Å². The quantitative estimate of drug-likeness (QED) is 0.106. The van der Waals surface area contributed by atoms with E-state index in [4.69, 9.17) is 9.47 Å². The third-order valence-electron chi connectivity index (χ3n) is 6.35. The Labute approximate surface area is 257 Å². The standard InChI is InChI=1S/C31H43N5O8/c1-19(2)11-23(36-31(42)24(35-27(39)15-32-4)14-21-9-7-6-8-10-21)30(41)34-16-26(38)33-17-28(40)44-29-22(18-37)12-20(3)13-25(29)43-5/h6-10,12-13,19,23-24,32,37H,11,14-18H2,1-5H3,(H,33,38)(H,34,41)(H,35,39)(H,36,42). The van der Waals surface area contributed by atoms with Crippen molar-refractivity contribution in [3.8, 4) is 11.5 Å². The van der Waals surface area contributed by atoms with Crippen LogP contribution >= 0.6 is 0 Å². The maximum absolute atomic E-state index is 13.3. The summed E-state index contributed by atoms with van der Waals surface area (Å²) in [5.74, 6) is -2.66. The van der Waals surface area contributed by atoms with Gasteiger partial charge in [-0.25, -0.2) is 4.79 Å². The molecule has 0 aromatic heterocycles. The zero-order valence-electron chi connectivity index (χ0n) is 25.8. The number of carbonyl (C=O) groups is 5. The number of esters is 1. The van der Waals surface area contributed by atoms with Crippen LogP contribution < -0.4 is 36.1 Å². The third-order valence-corrected chi connectivity index (χ3v) is 6.35. The lowest BCUT2D eigenvalue weighted by molar-refractivity contribution is -0.136. The first kappa shape index (κ1) is 35.7. The molecule has 240 valence electrons. The predicted octanol–water partition coefficient (Wildman–Crippen LogP) is 0.112. The molecular weight excluding hydrogens is 570 g/mol. The highest BCUT2D eigenvalue weighted by Crippen LogP contribution is 2.33. The maximum atomic E-state index is 13.3. The first-order valence-corrected chi connectivity index (χ1v) is 14.3. The van der Waals surface area contributed by atoms with E-state index >= 15 is 0 Å². The Balaban J connectivity index is 1.98. The van der Waals surface area contributed by atoms with E-state index in [1.54, 1.807) is 26.1 Å². The maximum Gasteiger partial charge on any atom is 0.330 e. The fraction of sp³-hybridized carbons (Fsp3) is 0.452. The molecule has 13 heteroatoms. The molecule has 0 aliphatic carbocycles. The van der Waals surface area contributed by atoms with Crippen molar-refractivity contribution in [3.05, 3.63) is 59.2 Å². The molecule has 0 heterocycles. The largest absolute Gasteiger partial charge is 0.493 e. The van der Waals surface area contributed by atoms with Crippen LogP contribution in [-0.2, 0) is 37.0 Å². The number of carbonyl (C=O) groups excluding carboxylic acids is 5. The van der Waals surface area contributed by atoms with Crippen LogP contribution in [0, 0.1) is 12.8 Å². The molecule has 2 unspecified atom stereocenters. The summed E-state index contributed by atoms with van der Waals surface area (Å²) in [6.45, 7) is 4.22. The minimum absolute atomic E-state index is 0.0122. The number of aryl methyl sites for hydroxylation is 1. The van der Waals surface area contributed by atoms with E-state index in [9.17, 15) is 29.1 Å². The minimum Gasteiger partial charge on any atom is -0.493 e. The molecule has 0 aliphatic heterocycles. The highest BCUT2D eigenvalue weighted by molar-refractivity contribution is 5.94. The summed E-state index contributed by atoms with van der Waals surface area (Å²) >= 11 is 0. The van der Waals surface area contributed by atoms with E-state index in [2.05, 4.69) is 26.6 Å². The molecule has 44 heavy (non-hydrogen) atoms. The number of nitrogens with one attached hydrogen (secondary N) is 5. The van der Waals surface area contributed by atoms with E-state index in [1.807, 2.05) is 44.2 Å². The number of benzene rings is 2. The van der Waals surface area contributed by atoms with Crippen LogP contribution in [0.15, 0.2) is 42.5 Å². The van der Waals surface area contributed by atoms with Gasteiger partial charge in [-0.3, -0.25) is 19.2 Å². The van der Waals surface area contributed by atoms with E-state index in [0.717, 1.165) is 11.1 Å². The molecule has 2 rings (SSSR count). The van der Waals surface area contributed by atoms with Crippen LogP contribution in [0.3, 0.4) is 0 Å². The highest BCUT2D eigenvalue weighted by atomic mass is 16.6. The zero-order valence-corrected chi connectivity index (χ0v) is 25.8. The van der Waals surface area contributed by atoms with Gasteiger partial charge in [0.15, 0.2) is 11.5 Å². The number of methoxy groups -OCH3 is 1. The molecule has 6 N–H and O–H groups in total. The topological polar surface area (TPSA) is 184 Å². The first-order valence-electron chi connectivity index (χ1n) is 14.3. The van der Waals surface area contributed by atoms with Gasteiger partial charge in [-0.05, 0) is 49.6 Å². The van der Waals surface area contributed by atoms with Crippen molar-refractivity contribution in [2.45, 2.75) is 52.3 Å². The van der Waals surface area contributed by atoms with Crippen molar-refractivity contribution in [1.29, 1.82) is 0 Å². The number of aliphatic hydroxyl groups excluding tert-OH is 1. The Kier molecular flexibility index (Phi) is 14.8. The number of aliphatic hydroxyl groups is 1. The molecule has 0 saturated carbocycles. The first-order chi connectivity index (χ1) is 21.0. The second-order valence-electron chi connectivity index (χ2n) is 10.6. The second kappa shape index (κ2) is 18.2. The average molecular weight is 614 g/mol. The number of ether oxygens (including phenoxy) is 2. The van der Waals surface area contributed by atoms with Gasteiger partial charge in [0.05, 0.1) is 26.8 Å². The Bertz CT molecular complexity index is 1260. The van der Waals surface area contributed by atoms with Crippen molar-refractivity contribution in [2.24, 2.45) is 5.92 Å². The van der Waals surface area contributed by atoms with Crippen LogP contribution in [0.2, 0.25) is 0 Å². The van der Waals surface area contributed by atoms with Gasteiger partial charge in [-0.2, -0.15) is 0 Å². The molecular formula is C31H43N5O8. The molecule has 4 amide bonds. The van der Waals surface area contributed by atoms with Gasteiger partial charge in [-0.15, -0.1) is 0 Å². The van der Waals surface area contributed by atoms with E-state index in [1.165, 1.54) is 7.11 Å². The molecule has 0 aliphatic rings. The minimum atomic E-state index is -0.981. The highest BCUT2D eigenvalue weighted by Gasteiger charge is 2.28. The molecule has 0 fully saturated rings. The van der Waals surface area contributed by atoms with Crippen molar-refractivity contribution >= 4 is 29.6 Å². The Morgan fingerprint density at radius 1 is 0.864 bits per heavy atom. The van der Waals surface area contributed by atoms with Gasteiger partial charge in [0.2, 0.25) is 23.6 Å². The van der Waals surface area contributed by atoms with E-state index in [-0.39, 0.29) is 49.3 Å². The van der Waals surface area contributed by atoms with Gasteiger partial charge in [0, 0.05) is 12.0 Å². The van der Waals surface area contributed by atoms with Crippen LogP contribution in [0.1, 0.15) is 37.0 Å². The van der Waals surface area contributed by atoms with Crippen LogP contribution in [0.25, 0.3) is 0 Å². The monoisotopic (exact) mass is 613 g/mol. The lowest BCUT2D eigenvalue weighted by atomic mass is 10.0. The van der Waals surface area contributed by atoms with Gasteiger partial charge >= 0.3 is 5.97 Å². The molecule has 13 nitrogen and oxygen atoms in total. The fourth-order valence-corrected chi connectivity index (χ4v) is 4.31. The average Bonchev–Trinajstić information content (AvgIpc) is 2.99. The molecule has 2 atom stereocenters. The molecule has 2 aromatic rings. The fourth-order valence-electron chi connectivity index (χ4n) is 4.31. The number of hydrogen-bond acceptors (Lipinski definition) is 9. The predicted molar refractivity (Wildman–Crippen MR) is 163 cm³/mol. The molecule has 0 saturated heterocycles. The Morgan fingerprint density at radius 3 is 2.18 bits per heavy atom. The van der Waals surface area contributed by atoms with Crippen LogP contribution in [-0.4, -0.2) is 80.6 Å².